The molecule has 2 aliphatic heterocycles. The van der Waals surface area contributed by atoms with Crippen molar-refractivity contribution in [1.29, 1.82) is 0 Å². The summed E-state index contributed by atoms with van der Waals surface area (Å²) in [4.78, 5) is 6.94. The van der Waals surface area contributed by atoms with E-state index >= 15 is 0 Å². The van der Waals surface area contributed by atoms with Gasteiger partial charge in [0.25, 0.3) is 0 Å². The van der Waals surface area contributed by atoms with Crippen LogP contribution in [0.5, 0.6) is 0 Å². The van der Waals surface area contributed by atoms with E-state index in [1.807, 2.05) is 7.05 Å². The number of guanidine groups is 1. The Morgan fingerprint density at radius 3 is 2.83 bits per heavy atom. The molecule has 2 aliphatic rings. The fourth-order valence-electron chi connectivity index (χ4n) is 4.26. The summed E-state index contributed by atoms with van der Waals surface area (Å²) in [6.07, 6.45) is 4.13. The number of likely N-dealkylation sites (tertiary alicyclic amines) is 1. The molecule has 3 N–H and O–H groups in total. The molecule has 6 nitrogen and oxygen atoms in total. The molecule has 2 atom stereocenters. The Balaban J connectivity index is 0.00000300. The average molecular weight is 516 g/mol. The minimum atomic E-state index is 0. The number of halogens is 1. The second-order valence-electron chi connectivity index (χ2n) is 8.27. The minimum absolute atomic E-state index is 0. The molecule has 0 radical (unpaired) electrons. The number of ether oxygens (including phenoxy) is 1. The molecule has 7 heteroatoms. The van der Waals surface area contributed by atoms with Crippen LogP contribution >= 0.6 is 24.0 Å². The van der Waals surface area contributed by atoms with Crippen LogP contribution in [0.25, 0.3) is 0 Å². The third kappa shape index (κ3) is 7.70. The van der Waals surface area contributed by atoms with Crippen molar-refractivity contribution in [2.75, 3.05) is 59.6 Å². The van der Waals surface area contributed by atoms with Gasteiger partial charge >= 0.3 is 0 Å². The van der Waals surface area contributed by atoms with Crippen LogP contribution in [-0.2, 0) is 11.2 Å². The van der Waals surface area contributed by atoms with Gasteiger partial charge in [0.05, 0.1) is 6.61 Å². The predicted molar refractivity (Wildman–Crippen MR) is 129 cm³/mol. The number of hydrogen-bond acceptors (Lipinski definition) is 4. The minimum Gasteiger partial charge on any atom is -0.396 e. The monoisotopic (exact) mass is 516 g/mol. The standard InChI is InChI=1S/C22H36N4O2.HI/c1-23-21(25-17-22(9-13-27)10-14-28-18-22)24-15-20-8-12-26(16-20)11-7-19-5-3-2-4-6-19;/h2-6,20,27H,7-18H2,1H3,(H2,23,24,25);1H. The number of aliphatic imine (C=N–C) groups is 1. The van der Waals surface area contributed by atoms with E-state index in [9.17, 15) is 5.11 Å². The van der Waals surface area contributed by atoms with Crippen molar-refractivity contribution in [3.05, 3.63) is 35.9 Å². The lowest BCUT2D eigenvalue weighted by Gasteiger charge is -2.28. The lowest BCUT2D eigenvalue weighted by atomic mass is 9.84. The van der Waals surface area contributed by atoms with Crippen LogP contribution in [0.3, 0.4) is 0 Å². The largest absolute Gasteiger partial charge is 0.396 e. The van der Waals surface area contributed by atoms with Crippen molar-refractivity contribution in [3.63, 3.8) is 0 Å². The molecule has 0 aromatic heterocycles. The van der Waals surface area contributed by atoms with Crippen molar-refractivity contribution in [2.24, 2.45) is 16.3 Å². The zero-order chi connectivity index (χ0) is 19.7. The summed E-state index contributed by atoms with van der Waals surface area (Å²) >= 11 is 0. The van der Waals surface area contributed by atoms with Crippen molar-refractivity contribution in [1.82, 2.24) is 15.5 Å². The highest BCUT2D eigenvalue weighted by Crippen LogP contribution is 2.31. The van der Waals surface area contributed by atoms with Crippen LogP contribution in [0.2, 0.25) is 0 Å². The Bertz CT molecular complexity index is 608. The van der Waals surface area contributed by atoms with Gasteiger partial charge in [0, 0.05) is 51.9 Å². The van der Waals surface area contributed by atoms with Crippen LogP contribution in [0.4, 0.5) is 0 Å². The highest BCUT2D eigenvalue weighted by atomic mass is 127. The average Bonchev–Trinajstić information content (AvgIpc) is 3.38. The first-order valence-electron chi connectivity index (χ1n) is 10.6. The second kappa shape index (κ2) is 12.7. The molecule has 1 aromatic carbocycles. The van der Waals surface area contributed by atoms with Crippen molar-refractivity contribution in [3.8, 4) is 0 Å². The summed E-state index contributed by atoms with van der Waals surface area (Å²) in [6, 6.07) is 10.7. The van der Waals surface area contributed by atoms with E-state index in [0.717, 1.165) is 64.6 Å². The lowest BCUT2D eigenvalue weighted by Crippen LogP contribution is -2.45. The summed E-state index contributed by atoms with van der Waals surface area (Å²) in [5, 5.41) is 16.3. The maximum absolute atomic E-state index is 9.37. The first-order chi connectivity index (χ1) is 13.7. The number of hydrogen-bond donors (Lipinski definition) is 3. The van der Waals surface area contributed by atoms with Crippen molar-refractivity contribution >= 4 is 29.9 Å². The molecular formula is C22H37IN4O2. The zero-order valence-corrected chi connectivity index (χ0v) is 19.9. The van der Waals surface area contributed by atoms with E-state index in [0.29, 0.717) is 5.92 Å². The molecule has 2 unspecified atom stereocenters. The van der Waals surface area contributed by atoms with Gasteiger partial charge in [-0.3, -0.25) is 4.99 Å². The van der Waals surface area contributed by atoms with Crippen LogP contribution in [0, 0.1) is 11.3 Å². The van der Waals surface area contributed by atoms with Crippen LogP contribution in [0.15, 0.2) is 35.3 Å². The van der Waals surface area contributed by atoms with Crippen molar-refractivity contribution in [2.45, 2.75) is 25.7 Å². The van der Waals surface area contributed by atoms with Gasteiger partial charge in [-0.25, -0.2) is 0 Å². The topological polar surface area (TPSA) is 69.1 Å². The molecule has 0 spiro atoms. The molecule has 0 saturated carbocycles. The van der Waals surface area contributed by atoms with E-state index in [1.165, 1.54) is 18.5 Å². The predicted octanol–water partition coefficient (Wildman–Crippen LogP) is 2.12. The first-order valence-corrected chi connectivity index (χ1v) is 10.6. The molecule has 0 bridgehead atoms. The van der Waals surface area contributed by atoms with E-state index in [-0.39, 0.29) is 36.0 Å². The Morgan fingerprint density at radius 1 is 1.31 bits per heavy atom. The number of aliphatic hydroxyl groups excluding tert-OH is 1. The summed E-state index contributed by atoms with van der Waals surface area (Å²) in [6.45, 7) is 6.92. The van der Waals surface area contributed by atoms with Crippen molar-refractivity contribution < 1.29 is 9.84 Å². The molecule has 0 aliphatic carbocycles. The van der Waals surface area contributed by atoms with Crippen LogP contribution in [0.1, 0.15) is 24.8 Å². The third-order valence-electron chi connectivity index (χ3n) is 6.17. The van der Waals surface area contributed by atoms with Crippen LogP contribution in [-0.4, -0.2) is 75.6 Å². The maximum Gasteiger partial charge on any atom is 0.191 e. The molecular weight excluding hydrogens is 479 g/mol. The third-order valence-corrected chi connectivity index (χ3v) is 6.17. The smallest absolute Gasteiger partial charge is 0.191 e. The normalized spacial score (nSPS) is 25.0. The van der Waals surface area contributed by atoms with Gasteiger partial charge in [-0.2, -0.15) is 0 Å². The fraction of sp³-hybridized carbons (Fsp3) is 0.682. The molecule has 164 valence electrons. The van der Waals surface area contributed by atoms with Crippen LogP contribution < -0.4 is 10.6 Å². The van der Waals surface area contributed by atoms with E-state index in [1.54, 1.807) is 0 Å². The summed E-state index contributed by atoms with van der Waals surface area (Å²) in [5.74, 6) is 1.52. The summed E-state index contributed by atoms with van der Waals surface area (Å²) in [5.41, 5.74) is 1.45. The molecule has 3 rings (SSSR count). The molecule has 2 fully saturated rings. The number of aliphatic hydroxyl groups is 1. The van der Waals surface area contributed by atoms with Gasteiger partial charge < -0.3 is 25.4 Å². The Labute approximate surface area is 192 Å². The second-order valence-corrected chi connectivity index (χ2v) is 8.27. The van der Waals surface area contributed by atoms with E-state index < -0.39 is 0 Å². The number of nitrogens with one attached hydrogen (secondary N) is 2. The Kier molecular flexibility index (Phi) is 10.7. The van der Waals surface area contributed by atoms with Gasteiger partial charge in [-0.15, -0.1) is 24.0 Å². The highest BCUT2D eigenvalue weighted by molar-refractivity contribution is 14.0. The van der Waals surface area contributed by atoms with Gasteiger partial charge in [0.15, 0.2) is 5.96 Å². The summed E-state index contributed by atoms with van der Waals surface area (Å²) < 4.78 is 5.57. The lowest BCUT2D eigenvalue weighted by molar-refractivity contribution is 0.127. The Morgan fingerprint density at radius 2 is 2.14 bits per heavy atom. The quantitative estimate of drug-likeness (QED) is 0.267. The van der Waals surface area contributed by atoms with Gasteiger partial charge in [0.2, 0.25) is 0 Å². The zero-order valence-electron chi connectivity index (χ0n) is 17.6. The van der Waals surface area contributed by atoms with E-state index in [4.69, 9.17) is 4.74 Å². The highest BCUT2D eigenvalue weighted by Gasteiger charge is 2.34. The molecule has 29 heavy (non-hydrogen) atoms. The SMILES string of the molecule is CN=C(NCC1CCN(CCc2ccccc2)C1)NCC1(CCO)CCOC1.I. The van der Waals surface area contributed by atoms with Gasteiger partial charge in [0.1, 0.15) is 0 Å². The Hall–Kier alpha value is -0.900. The number of benzene rings is 1. The first kappa shape index (κ1) is 24.4. The maximum atomic E-state index is 9.37. The van der Waals surface area contributed by atoms with E-state index in [2.05, 4.69) is 50.9 Å². The van der Waals surface area contributed by atoms with Gasteiger partial charge in [-0.1, -0.05) is 30.3 Å². The number of rotatable bonds is 9. The van der Waals surface area contributed by atoms with Gasteiger partial charge in [-0.05, 0) is 43.7 Å². The molecule has 2 heterocycles. The molecule has 0 amide bonds. The number of nitrogens with zero attached hydrogens (tertiary/aromatic N) is 2. The fourth-order valence-corrected chi connectivity index (χ4v) is 4.26. The molecule has 1 aromatic rings. The summed E-state index contributed by atoms with van der Waals surface area (Å²) in [7, 11) is 1.82. The molecule has 2 saturated heterocycles.